The number of para-hydroxylation sites is 2. The molecule has 0 spiro atoms. The lowest BCUT2D eigenvalue weighted by Crippen LogP contribution is -2.12. The Morgan fingerprint density at radius 1 is 0.429 bits per heavy atom. The quantitative estimate of drug-likeness (QED) is 0.197. The normalized spacial score (nSPS) is 12.5. The number of fused-ring (bicyclic) bond motifs is 3. The van der Waals surface area contributed by atoms with Gasteiger partial charge < -0.3 is 4.57 Å². The van der Waals surface area contributed by atoms with Crippen LogP contribution in [0.2, 0.25) is 0 Å². The molecule has 0 aliphatic carbocycles. The molecular formula is C40H35NS. The fourth-order valence-electron chi connectivity index (χ4n) is 6.23. The van der Waals surface area contributed by atoms with E-state index in [-0.39, 0.29) is 5.41 Å². The van der Waals surface area contributed by atoms with Gasteiger partial charge in [-0.2, -0.15) is 0 Å². The molecule has 0 N–H and O–H groups in total. The van der Waals surface area contributed by atoms with Crippen molar-refractivity contribution < 1.29 is 0 Å². The molecular weight excluding hydrogens is 527 g/mol. The number of hydrogen-bond acceptors (Lipinski definition) is 0. The summed E-state index contributed by atoms with van der Waals surface area (Å²) in [6.07, 6.45) is 0. The maximum Gasteiger partial charge on any atom is 0.0541 e. The molecule has 0 aliphatic rings. The Morgan fingerprint density at radius 3 is 1.43 bits per heavy atom. The van der Waals surface area contributed by atoms with Crippen molar-refractivity contribution in [2.75, 3.05) is 0 Å². The molecule has 0 aliphatic heterocycles. The van der Waals surface area contributed by atoms with Gasteiger partial charge in [0.15, 0.2) is 0 Å². The van der Waals surface area contributed by atoms with Crippen LogP contribution in [0.5, 0.6) is 0 Å². The summed E-state index contributed by atoms with van der Waals surface area (Å²) < 4.78 is 2.43. The minimum Gasteiger partial charge on any atom is -0.309 e. The molecule has 2 heteroatoms. The molecule has 0 saturated carbocycles. The first-order valence-electron chi connectivity index (χ1n) is 14.6. The van der Waals surface area contributed by atoms with Crippen LogP contribution in [0.4, 0.5) is 0 Å². The van der Waals surface area contributed by atoms with E-state index in [0.717, 1.165) is 0 Å². The highest BCUT2D eigenvalue weighted by molar-refractivity contribution is 8.34. The third-order valence-electron chi connectivity index (χ3n) is 8.26. The molecule has 0 atom stereocenters. The highest BCUT2D eigenvalue weighted by atomic mass is 32.3. The molecule has 1 heterocycles. The Kier molecular flexibility index (Phi) is 6.52. The fraction of sp³-hybridized carbons (Fsp3) is 0.100. The van der Waals surface area contributed by atoms with E-state index >= 15 is 0 Å². The van der Waals surface area contributed by atoms with Crippen LogP contribution in [0.3, 0.4) is 0 Å². The first-order chi connectivity index (χ1) is 20.5. The Hall–Kier alpha value is -4.53. The van der Waals surface area contributed by atoms with Gasteiger partial charge in [0.25, 0.3) is 0 Å². The smallest absolute Gasteiger partial charge is 0.0541 e. The predicted molar refractivity (Wildman–Crippen MR) is 179 cm³/mol. The zero-order chi connectivity index (χ0) is 28.7. The summed E-state index contributed by atoms with van der Waals surface area (Å²) in [6, 6.07) is 58.4. The second kappa shape index (κ2) is 10.4. The zero-order valence-electron chi connectivity index (χ0n) is 24.4. The van der Waals surface area contributed by atoms with Gasteiger partial charge in [-0.1, -0.05) is 112 Å². The first-order valence-corrected chi connectivity index (χ1v) is 16.2. The van der Waals surface area contributed by atoms with Gasteiger partial charge in [0.05, 0.1) is 11.0 Å². The average molecular weight is 562 g/mol. The Morgan fingerprint density at radius 2 is 0.881 bits per heavy atom. The van der Waals surface area contributed by atoms with E-state index in [9.17, 15) is 0 Å². The van der Waals surface area contributed by atoms with E-state index in [0.29, 0.717) is 0 Å². The molecule has 7 aromatic rings. The van der Waals surface area contributed by atoms with E-state index in [4.69, 9.17) is 0 Å². The molecule has 0 amide bonds. The Balaban J connectivity index is 1.58. The second-order valence-corrected chi connectivity index (χ2v) is 15.0. The van der Waals surface area contributed by atoms with E-state index in [2.05, 4.69) is 183 Å². The van der Waals surface area contributed by atoms with Crippen LogP contribution >= 0.6 is 10.0 Å². The van der Waals surface area contributed by atoms with Gasteiger partial charge in [-0.3, -0.25) is 0 Å². The summed E-state index contributed by atoms with van der Waals surface area (Å²) in [5, 5.41) is 2.56. The van der Waals surface area contributed by atoms with Crippen LogP contribution in [0.15, 0.2) is 177 Å². The van der Waals surface area contributed by atoms with Crippen molar-refractivity contribution in [2.45, 2.75) is 45.8 Å². The highest BCUT2D eigenvalue weighted by Crippen LogP contribution is 2.73. The number of hydrogen-bond donors (Lipinski definition) is 0. The van der Waals surface area contributed by atoms with Gasteiger partial charge in [0.1, 0.15) is 0 Å². The molecule has 0 bridgehead atoms. The van der Waals surface area contributed by atoms with Gasteiger partial charge in [-0.05, 0) is 77.7 Å². The van der Waals surface area contributed by atoms with Gasteiger partial charge >= 0.3 is 0 Å². The number of nitrogens with zero attached hydrogens (tertiary/aromatic N) is 1. The van der Waals surface area contributed by atoms with Crippen molar-refractivity contribution in [3.05, 3.63) is 163 Å². The number of aromatic nitrogens is 1. The molecule has 42 heavy (non-hydrogen) atoms. The van der Waals surface area contributed by atoms with E-state index < -0.39 is 10.0 Å². The molecule has 6 aromatic carbocycles. The topological polar surface area (TPSA) is 4.93 Å². The highest BCUT2D eigenvalue weighted by Gasteiger charge is 2.34. The standard InChI is InChI=1S/C40H35NS/c1-40(2,3)30-16-14-22-34(28-30)42(32-18-6-4-7-19-32,33-20-8-5-9-21-33)35-23-15-17-31(29-35)41-38-26-12-10-24-36(38)37-25-11-13-27-39(37)41/h4-29H,1-3H3. The van der Waals surface area contributed by atoms with Crippen LogP contribution in [0.1, 0.15) is 26.3 Å². The van der Waals surface area contributed by atoms with Crippen molar-refractivity contribution in [3.8, 4) is 5.69 Å². The van der Waals surface area contributed by atoms with Gasteiger partial charge in [-0.25, -0.2) is 0 Å². The minimum absolute atomic E-state index is 0.0411. The summed E-state index contributed by atoms with van der Waals surface area (Å²) in [5.41, 5.74) is 5.03. The molecule has 7 rings (SSSR count). The molecule has 0 fully saturated rings. The molecule has 0 saturated heterocycles. The van der Waals surface area contributed by atoms with Crippen LogP contribution in [-0.2, 0) is 5.41 Å². The van der Waals surface area contributed by atoms with Crippen molar-refractivity contribution in [1.29, 1.82) is 0 Å². The van der Waals surface area contributed by atoms with Gasteiger partial charge in [0.2, 0.25) is 0 Å². The van der Waals surface area contributed by atoms with E-state index in [1.54, 1.807) is 0 Å². The third kappa shape index (κ3) is 4.26. The first kappa shape index (κ1) is 26.4. The van der Waals surface area contributed by atoms with Crippen LogP contribution in [0.25, 0.3) is 27.5 Å². The zero-order valence-corrected chi connectivity index (χ0v) is 25.2. The monoisotopic (exact) mass is 561 g/mol. The average Bonchev–Trinajstić information content (AvgIpc) is 3.37. The number of benzene rings is 6. The minimum atomic E-state index is -1.83. The third-order valence-corrected chi connectivity index (χ3v) is 12.1. The lowest BCUT2D eigenvalue weighted by molar-refractivity contribution is 0.588. The van der Waals surface area contributed by atoms with Crippen molar-refractivity contribution in [2.24, 2.45) is 0 Å². The largest absolute Gasteiger partial charge is 0.309 e. The van der Waals surface area contributed by atoms with E-state index in [1.165, 1.54) is 52.6 Å². The van der Waals surface area contributed by atoms with Gasteiger partial charge in [0, 0.05) is 36.0 Å². The summed E-state index contributed by atoms with van der Waals surface area (Å²) in [6.45, 7) is 6.91. The summed E-state index contributed by atoms with van der Waals surface area (Å²) in [7, 11) is -1.83. The van der Waals surface area contributed by atoms with Crippen LogP contribution in [-0.4, -0.2) is 4.57 Å². The summed E-state index contributed by atoms with van der Waals surface area (Å²) in [4.78, 5) is 5.35. The maximum absolute atomic E-state index is 2.46. The number of rotatable bonds is 5. The van der Waals surface area contributed by atoms with Crippen LogP contribution in [0, 0.1) is 0 Å². The van der Waals surface area contributed by atoms with E-state index in [1.807, 2.05) is 0 Å². The maximum atomic E-state index is 2.46. The SMILES string of the molecule is CC(C)(C)c1cccc(S(c2ccccc2)(c2ccccc2)c2cccc(-n3c4ccccc4c4ccccc43)c2)c1. The molecule has 1 aromatic heterocycles. The summed E-state index contributed by atoms with van der Waals surface area (Å²) >= 11 is 0. The van der Waals surface area contributed by atoms with Crippen molar-refractivity contribution in [3.63, 3.8) is 0 Å². The van der Waals surface area contributed by atoms with Crippen molar-refractivity contribution in [1.82, 2.24) is 4.57 Å². The second-order valence-electron chi connectivity index (χ2n) is 11.9. The lowest BCUT2D eigenvalue weighted by Gasteiger charge is -2.42. The Bertz CT molecular complexity index is 1920. The Labute approximate surface area is 250 Å². The lowest BCUT2D eigenvalue weighted by atomic mass is 9.87. The molecule has 206 valence electrons. The predicted octanol–water partition coefficient (Wildman–Crippen LogP) is 11.4. The summed E-state index contributed by atoms with van der Waals surface area (Å²) in [5.74, 6) is 0. The fourth-order valence-corrected chi connectivity index (χ4v) is 10.2. The van der Waals surface area contributed by atoms with Crippen LogP contribution < -0.4 is 0 Å². The molecule has 0 radical (unpaired) electrons. The van der Waals surface area contributed by atoms with Gasteiger partial charge in [-0.15, -0.1) is 10.0 Å². The van der Waals surface area contributed by atoms with Crippen molar-refractivity contribution >= 4 is 31.8 Å². The molecule has 1 nitrogen and oxygen atoms in total. The molecule has 0 unspecified atom stereocenters.